The first-order valence-corrected chi connectivity index (χ1v) is 12.7. The topological polar surface area (TPSA) is 96.9 Å². The molecular weight excluding hydrogens is 499 g/mol. The van der Waals surface area contributed by atoms with Crippen molar-refractivity contribution in [2.75, 3.05) is 10.0 Å². The van der Waals surface area contributed by atoms with E-state index in [4.69, 9.17) is 11.6 Å². The molecule has 2 N–H and O–H groups in total. The van der Waals surface area contributed by atoms with E-state index in [1.165, 1.54) is 17.4 Å². The summed E-state index contributed by atoms with van der Waals surface area (Å²) in [5.74, 6) is 0.539. The average molecular weight is 516 g/mol. The fourth-order valence-corrected chi connectivity index (χ4v) is 6.11. The number of fused-ring (bicyclic) bond motifs is 1. The van der Waals surface area contributed by atoms with Gasteiger partial charge in [0.15, 0.2) is 0 Å². The van der Waals surface area contributed by atoms with E-state index < -0.39 is 21.8 Å². The van der Waals surface area contributed by atoms with E-state index in [0.717, 1.165) is 41.2 Å². The van der Waals surface area contributed by atoms with Crippen LogP contribution in [0.5, 0.6) is 0 Å². The quantitative estimate of drug-likeness (QED) is 0.486. The van der Waals surface area contributed by atoms with E-state index in [0.29, 0.717) is 18.8 Å². The Kier molecular flexibility index (Phi) is 5.49. The van der Waals surface area contributed by atoms with Gasteiger partial charge in [-0.3, -0.25) is 4.72 Å². The summed E-state index contributed by atoms with van der Waals surface area (Å²) in [4.78, 5) is 3.92. The molecule has 2 heterocycles. The van der Waals surface area contributed by atoms with Gasteiger partial charge in [-0.15, -0.1) is 10.2 Å². The van der Waals surface area contributed by atoms with Gasteiger partial charge in [-0.05, 0) is 55.0 Å². The van der Waals surface area contributed by atoms with Gasteiger partial charge in [0.05, 0.1) is 15.5 Å². The van der Waals surface area contributed by atoms with Crippen molar-refractivity contribution in [3.63, 3.8) is 0 Å². The first-order chi connectivity index (χ1) is 15.6. The number of anilines is 2. The molecule has 1 atom stereocenters. The Bertz CT molecular complexity index is 1330. The second-order valence-corrected chi connectivity index (χ2v) is 11.2. The number of alkyl halides is 3. The van der Waals surface area contributed by atoms with Crippen LogP contribution in [0.15, 0.2) is 35.4 Å². The summed E-state index contributed by atoms with van der Waals surface area (Å²) in [5, 5.41) is 12.0. The largest absolute Gasteiger partial charge is 0.417 e. The van der Waals surface area contributed by atoms with E-state index in [1.807, 2.05) is 0 Å². The molecule has 0 aliphatic heterocycles. The fourth-order valence-electron chi connectivity index (χ4n) is 3.70. The number of rotatable bonds is 6. The van der Waals surface area contributed by atoms with E-state index in [2.05, 4.69) is 25.2 Å². The van der Waals surface area contributed by atoms with Crippen LogP contribution in [0, 0.1) is 0 Å². The minimum absolute atomic E-state index is 0.107. The molecule has 0 radical (unpaired) electrons. The Morgan fingerprint density at radius 2 is 1.85 bits per heavy atom. The van der Waals surface area contributed by atoms with Crippen molar-refractivity contribution in [3.8, 4) is 0 Å². The molecular formula is C20H17ClF3N5O2S2. The van der Waals surface area contributed by atoms with Crippen LogP contribution >= 0.6 is 22.9 Å². The molecule has 2 aromatic heterocycles. The first kappa shape index (κ1) is 22.4. The molecule has 0 amide bonds. The zero-order chi connectivity index (χ0) is 23.4. The van der Waals surface area contributed by atoms with Crippen LogP contribution in [0.25, 0.3) is 0 Å². The summed E-state index contributed by atoms with van der Waals surface area (Å²) in [6.07, 6.45) is -0.660. The first-order valence-electron chi connectivity index (χ1n) is 10.1. The maximum atomic E-state index is 12.8. The minimum atomic E-state index is -4.52. The van der Waals surface area contributed by atoms with Gasteiger partial charge in [-0.2, -0.15) is 13.2 Å². The third-order valence-corrected chi connectivity index (χ3v) is 8.27. The number of aromatic nitrogens is 3. The summed E-state index contributed by atoms with van der Waals surface area (Å²) >= 11 is 7.23. The maximum absolute atomic E-state index is 12.8. The lowest BCUT2D eigenvalue weighted by Crippen LogP contribution is -2.20. The molecule has 7 nitrogen and oxygen atoms in total. The van der Waals surface area contributed by atoms with Crippen LogP contribution in [0.1, 0.15) is 40.5 Å². The average Bonchev–Trinajstić information content (AvgIpc) is 3.35. The molecule has 174 valence electrons. The maximum Gasteiger partial charge on any atom is 0.417 e. The number of nitrogens with zero attached hydrogens (tertiary/aromatic N) is 3. The van der Waals surface area contributed by atoms with Crippen LogP contribution in [0.4, 0.5) is 24.1 Å². The zero-order valence-electron chi connectivity index (χ0n) is 16.9. The fraction of sp³-hybridized carbons (Fsp3) is 0.350. The second kappa shape index (κ2) is 8.10. The van der Waals surface area contributed by atoms with Gasteiger partial charge in [0.1, 0.15) is 10.8 Å². The molecule has 3 aromatic rings. The van der Waals surface area contributed by atoms with E-state index in [1.54, 1.807) is 12.1 Å². The third kappa shape index (κ3) is 4.78. The van der Waals surface area contributed by atoms with Crippen molar-refractivity contribution in [2.24, 2.45) is 0 Å². The van der Waals surface area contributed by atoms with E-state index in [-0.39, 0.29) is 26.9 Å². The van der Waals surface area contributed by atoms with Crippen LogP contribution < -0.4 is 10.0 Å². The van der Waals surface area contributed by atoms with Crippen molar-refractivity contribution in [3.05, 3.63) is 57.2 Å². The Balaban J connectivity index is 1.28. The number of halogens is 4. The van der Waals surface area contributed by atoms with Gasteiger partial charge in [-0.25, -0.2) is 13.4 Å². The Hall–Kier alpha value is -2.44. The molecule has 33 heavy (non-hydrogen) atoms. The zero-order valence-corrected chi connectivity index (χ0v) is 19.2. The highest BCUT2D eigenvalue weighted by molar-refractivity contribution is 7.93. The normalized spacial score (nSPS) is 18.2. The van der Waals surface area contributed by atoms with Crippen molar-refractivity contribution in [2.45, 2.75) is 48.7 Å². The predicted molar refractivity (Wildman–Crippen MR) is 118 cm³/mol. The summed E-state index contributed by atoms with van der Waals surface area (Å²) < 4.78 is 66.6. The molecule has 2 aliphatic carbocycles. The van der Waals surface area contributed by atoms with Crippen LogP contribution in [0.2, 0.25) is 5.02 Å². The lowest BCUT2D eigenvalue weighted by Gasteiger charge is -2.15. The van der Waals surface area contributed by atoms with Gasteiger partial charge in [0.2, 0.25) is 5.13 Å². The van der Waals surface area contributed by atoms with Crippen molar-refractivity contribution < 1.29 is 21.6 Å². The molecule has 1 unspecified atom stereocenters. The molecule has 2 aliphatic rings. The van der Waals surface area contributed by atoms with E-state index in [9.17, 15) is 21.6 Å². The monoisotopic (exact) mass is 515 g/mol. The number of hydrogen-bond donors (Lipinski definition) is 2. The Morgan fingerprint density at radius 3 is 2.55 bits per heavy atom. The standard InChI is InChI=1S/C20H17ClF3N5O2S2/c21-16-8-13(20(22,23)24)9-25-17(16)26-14-5-11-3-4-15(7-12(11)6-14)33(30,31)29-19-28-27-18(32-19)10-1-2-10/h3-4,7-10,14H,1-2,5-6H2,(H,25,26)(H,28,29). The highest BCUT2D eigenvalue weighted by Crippen LogP contribution is 2.42. The number of pyridine rings is 1. The molecule has 1 aromatic carbocycles. The molecule has 1 fully saturated rings. The van der Waals surface area contributed by atoms with Crippen molar-refractivity contribution in [1.82, 2.24) is 15.2 Å². The molecule has 0 bridgehead atoms. The molecule has 1 saturated carbocycles. The third-order valence-electron chi connectivity index (χ3n) is 5.52. The Morgan fingerprint density at radius 1 is 1.09 bits per heavy atom. The SMILES string of the molecule is O=S(=O)(Nc1nnc(C2CC2)s1)c1ccc2c(c1)CC(Nc1ncc(C(F)(F)F)cc1Cl)C2. The summed E-state index contributed by atoms with van der Waals surface area (Å²) in [6.45, 7) is 0. The number of hydrogen-bond acceptors (Lipinski definition) is 7. The number of benzene rings is 1. The van der Waals surface area contributed by atoms with Crippen LogP contribution in [0.3, 0.4) is 0 Å². The predicted octanol–water partition coefficient (Wildman–Crippen LogP) is 4.86. The van der Waals surface area contributed by atoms with Gasteiger partial charge in [0, 0.05) is 18.2 Å². The van der Waals surface area contributed by atoms with E-state index >= 15 is 0 Å². The molecule has 0 saturated heterocycles. The molecule has 13 heteroatoms. The van der Waals surface area contributed by atoms with Gasteiger partial charge in [-0.1, -0.05) is 29.0 Å². The smallest absolute Gasteiger partial charge is 0.365 e. The van der Waals surface area contributed by atoms with Gasteiger partial charge < -0.3 is 5.32 Å². The Labute approximate surface area is 196 Å². The van der Waals surface area contributed by atoms with Gasteiger partial charge in [0.25, 0.3) is 10.0 Å². The van der Waals surface area contributed by atoms with Gasteiger partial charge >= 0.3 is 6.18 Å². The lowest BCUT2D eigenvalue weighted by molar-refractivity contribution is -0.137. The molecule has 5 rings (SSSR count). The highest BCUT2D eigenvalue weighted by Gasteiger charge is 2.32. The van der Waals surface area contributed by atoms with Crippen LogP contribution in [-0.4, -0.2) is 29.6 Å². The molecule has 0 spiro atoms. The summed E-state index contributed by atoms with van der Waals surface area (Å²) in [5.41, 5.74) is 0.852. The number of sulfonamides is 1. The van der Waals surface area contributed by atoms with Crippen LogP contribution in [-0.2, 0) is 29.0 Å². The minimum Gasteiger partial charge on any atom is -0.365 e. The number of nitrogens with one attached hydrogen (secondary N) is 2. The highest BCUT2D eigenvalue weighted by atomic mass is 35.5. The summed E-state index contributed by atoms with van der Waals surface area (Å²) in [7, 11) is -3.83. The van der Waals surface area contributed by atoms with Crippen molar-refractivity contribution in [1.29, 1.82) is 0 Å². The summed E-state index contributed by atoms with van der Waals surface area (Å²) in [6, 6.07) is 5.51. The van der Waals surface area contributed by atoms with Crippen molar-refractivity contribution >= 4 is 43.9 Å². The second-order valence-electron chi connectivity index (χ2n) is 8.06. The lowest BCUT2D eigenvalue weighted by atomic mass is 10.1.